The molecular weight excluding hydrogens is 388 g/mol. The fourth-order valence-electron chi connectivity index (χ4n) is 3.64. The van der Waals surface area contributed by atoms with Gasteiger partial charge in [-0.15, -0.1) is 0 Å². The summed E-state index contributed by atoms with van der Waals surface area (Å²) in [6.45, 7) is 3.91. The maximum Gasteiger partial charge on any atom is 0.337 e. The van der Waals surface area contributed by atoms with Crippen molar-refractivity contribution >= 4 is 22.7 Å². The predicted octanol–water partition coefficient (Wildman–Crippen LogP) is 5.35. The van der Waals surface area contributed by atoms with E-state index in [1.807, 2.05) is 56.3 Å². The number of anilines is 1. The largest absolute Gasteiger partial charge is 0.478 e. The zero-order valence-electron chi connectivity index (χ0n) is 17.1. The fraction of sp³-hybridized carbons (Fsp3) is 0.120. The summed E-state index contributed by atoms with van der Waals surface area (Å²) < 4.78 is 0. The van der Waals surface area contributed by atoms with Gasteiger partial charge in [-0.25, -0.2) is 14.8 Å². The van der Waals surface area contributed by atoms with E-state index >= 15 is 0 Å². The lowest BCUT2D eigenvalue weighted by Gasteiger charge is -2.19. The highest BCUT2D eigenvalue weighted by Crippen LogP contribution is 2.30. The van der Waals surface area contributed by atoms with Crippen LogP contribution in [-0.2, 0) is 0 Å². The third-order valence-electron chi connectivity index (χ3n) is 5.09. The Bertz CT molecular complexity index is 1330. The summed E-state index contributed by atoms with van der Waals surface area (Å²) in [4.78, 5) is 21.0. The van der Waals surface area contributed by atoms with Crippen LogP contribution in [0.1, 0.15) is 40.1 Å². The van der Waals surface area contributed by atoms with Crippen molar-refractivity contribution in [1.29, 1.82) is 5.26 Å². The topological polar surface area (TPSA) is 98.9 Å². The molecule has 4 rings (SSSR count). The number of nitrogens with one attached hydrogen (secondary N) is 1. The highest BCUT2D eigenvalue weighted by Gasteiger charge is 2.18. The Hall–Kier alpha value is -4.24. The summed E-state index contributed by atoms with van der Waals surface area (Å²) in [6.07, 6.45) is 0. The van der Waals surface area contributed by atoms with Gasteiger partial charge in [0, 0.05) is 16.8 Å². The van der Waals surface area contributed by atoms with Gasteiger partial charge in [0.25, 0.3) is 0 Å². The van der Waals surface area contributed by atoms with Gasteiger partial charge in [-0.2, -0.15) is 5.26 Å². The van der Waals surface area contributed by atoms with Crippen molar-refractivity contribution in [3.63, 3.8) is 0 Å². The number of para-hydroxylation sites is 1. The molecule has 0 aliphatic carbocycles. The van der Waals surface area contributed by atoms with Crippen molar-refractivity contribution in [2.45, 2.75) is 19.9 Å². The molecule has 3 aromatic carbocycles. The van der Waals surface area contributed by atoms with Crippen molar-refractivity contribution in [3.8, 4) is 17.3 Å². The number of hydrogen-bond donors (Lipinski definition) is 2. The minimum Gasteiger partial charge on any atom is -0.478 e. The molecule has 0 fully saturated rings. The molecule has 1 aromatic heterocycles. The average Bonchev–Trinajstić information content (AvgIpc) is 2.78. The second kappa shape index (κ2) is 8.25. The van der Waals surface area contributed by atoms with Crippen LogP contribution in [-0.4, -0.2) is 21.0 Å². The number of hydrogen-bond acceptors (Lipinski definition) is 5. The number of benzene rings is 3. The molecule has 6 heteroatoms. The molecule has 0 aliphatic heterocycles. The van der Waals surface area contributed by atoms with E-state index in [0.717, 1.165) is 16.7 Å². The van der Waals surface area contributed by atoms with E-state index in [1.54, 1.807) is 24.3 Å². The summed E-state index contributed by atoms with van der Waals surface area (Å²) in [6, 6.07) is 22.1. The normalized spacial score (nSPS) is 11.6. The van der Waals surface area contributed by atoms with Crippen molar-refractivity contribution in [3.05, 3.63) is 89.1 Å². The molecule has 0 amide bonds. The van der Waals surface area contributed by atoms with E-state index in [0.29, 0.717) is 22.4 Å². The number of aromatic nitrogens is 2. The molecule has 0 aliphatic rings. The summed E-state index contributed by atoms with van der Waals surface area (Å²) in [7, 11) is 0. The highest BCUT2D eigenvalue weighted by atomic mass is 16.4. The van der Waals surface area contributed by atoms with Crippen LogP contribution in [0.25, 0.3) is 22.3 Å². The Labute approximate surface area is 179 Å². The van der Waals surface area contributed by atoms with Crippen LogP contribution in [0.4, 0.5) is 5.69 Å². The molecular formula is C25H20N4O2. The van der Waals surface area contributed by atoms with Gasteiger partial charge in [0.05, 0.1) is 22.6 Å². The standard InChI is InChI=1S/C25H20N4O2/c1-15-12-19(16(2)27-20-11-7-6-10-18(20)25(30)31)24-21(13-15)28-22(14-26)23(29-24)17-8-4-3-5-9-17/h3-13,16,27H,1-2H3,(H,30,31)/t16-/m1/s1. The minimum absolute atomic E-state index is 0.203. The Morgan fingerprint density at radius 2 is 1.77 bits per heavy atom. The lowest BCUT2D eigenvalue weighted by Crippen LogP contribution is -2.12. The second-order valence-electron chi connectivity index (χ2n) is 7.34. The van der Waals surface area contributed by atoms with Gasteiger partial charge in [0.15, 0.2) is 5.69 Å². The van der Waals surface area contributed by atoms with Gasteiger partial charge in [-0.05, 0) is 37.6 Å². The molecule has 0 bridgehead atoms. The molecule has 0 spiro atoms. The Morgan fingerprint density at radius 1 is 1.06 bits per heavy atom. The lowest BCUT2D eigenvalue weighted by atomic mass is 10.0. The number of fused-ring (bicyclic) bond motifs is 1. The summed E-state index contributed by atoms with van der Waals surface area (Å²) in [5.41, 5.74) is 5.51. The number of aryl methyl sites for hydroxylation is 1. The number of carboxylic acids is 1. The van der Waals surface area contributed by atoms with Gasteiger partial charge >= 0.3 is 5.97 Å². The predicted molar refractivity (Wildman–Crippen MR) is 120 cm³/mol. The van der Waals surface area contributed by atoms with Crippen LogP contribution >= 0.6 is 0 Å². The zero-order valence-corrected chi connectivity index (χ0v) is 17.1. The van der Waals surface area contributed by atoms with Gasteiger partial charge in [-0.3, -0.25) is 0 Å². The Morgan fingerprint density at radius 3 is 2.48 bits per heavy atom. The number of carbonyl (C=O) groups is 1. The van der Waals surface area contributed by atoms with Gasteiger partial charge < -0.3 is 10.4 Å². The molecule has 0 radical (unpaired) electrons. The SMILES string of the molecule is Cc1cc([C@@H](C)Nc2ccccc2C(=O)O)c2nc(-c3ccccc3)c(C#N)nc2c1. The van der Waals surface area contributed by atoms with Crippen molar-refractivity contribution in [1.82, 2.24) is 9.97 Å². The van der Waals surface area contributed by atoms with Crippen LogP contribution in [0.5, 0.6) is 0 Å². The quantitative estimate of drug-likeness (QED) is 0.462. The molecule has 6 nitrogen and oxygen atoms in total. The molecule has 1 atom stereocenters. The summed E-state index contributed by atoms with van der Waals surface area (Å²) in [5.74, 6) is -0.991. The molecule has 1 heterocycles. The first-order valence-electron chi connectivity index (χ1n) is 9.84. The van der Waals surface area contributed by atoms with Crippen LogP contribution in [0.15, 0.2) is 66.7 Å². The Kier molecular flexibility index (Phi) is 5.33. The summed E-state index contributed by atoms with van der Waals surface area (Å²) >= 11 is 0. The molecule has 31 heavy (non-hydrogen) atoms. The third-order valence-corrected chi connectivity index (χ3v) is 5.09. The lowest BCUT2D eigenvalue weighted by molar-refractivity contribution is 0.0698. The van der Waals surface area contributed by atoms with Crippen molar-refractivity contribution < 1.29 is 9.90 Å². The minimum atomic E-state index is -0.991. The van der Waals surface area contributed by atoms with Gasteiger partial charge in [-0.1, -0.05) is 48.5 Å². The van der Waals surface area contributed by atoms with E-state index in [9.17, 15) is 15.2 Å². The van der Waals surface area contributed by atoms with Crippen LogP contribution in [0.3, 0.4) is 0 Å². The van der Waals surface area contributed by atoms with E-state index in [1.165, 1.54) is 0 Å². The number of nitriles is 1. The third kappa shape index (κ3) is 3.94. The molecule has 2 N–H and O–H groups in total. The maximum atomic E-state index is 11.6. The van der Waals surface area contributed by atoms with Crippen molar-refractivity contribution in [2.75, 3.05) is 5.32 Å². The fourth-order valence-corrected chi connectivity index (χ4v) is 3.64. The number of rotatable bonds is 5. The number of nitrogens with zero attached hydrogens (tertiary/aromatic N) is 3. The van der Waals surface area contributed by atoms with E-state index in [2.05, 4.69) is 16.4 Å². The van der Waals surface area contributed by atoms with E-state index in [4.69, 9.17) is 4.98 Å². The van der Waals surface area contributed by atoms with E-state index < -0.39 is 5.97 Å². The van der Waals surface area contributed by atoms with Crippen LogP contribution in [0, 0.1) is 18.3 Å². The molecule has 0 saturated heterocycles. The van der Waals surface area contributed by atoms with E-state index in [-0.39, 0.29) is 17.3 Å². The first-order valence-corrected chi connectivity index (χ1v) is 9.84. The average molecular weight is 408 g/mol. The second-order valence-corrected chi connectivity index (χ2v) is 7.34. The zero-order chi connectivity index (χ0) is 22.0. The molecule has 152 valence electrons. The Balaban J connectivity index is 1.86. The molecule has 0 saturated carbocycles. The van der Waals surface area contributed by atoms with Crippen LogP contribution in [0.2, 0.25) is 0 Å². The first-order chi connectivity index (χ1) is 15.0. The molecule has 0 unspecified atom stereocenters. The first kappa shape index (κ1) is 20.0. The van der Waals surface area contributed by atoms with Crippen LogP contribution < -0.4 is 5.32 Å². The maximum absolute atomic E-state index is 11.6. The van der Waals surface area contributed by atoms with Gasteiger partial charge in [0.2, 0.25) is 0 Å². The summed E-state index contributed by atoms with van der Waals surface area (Å²) in [5, 5.41) is 22.4. The highest BCUT2D eigenvalue weighted by molar-refractivity contribution is 5.94. The van der Waals surface area contributed by atoms with Gasteiger partial charge in [0.1, 0.15) is 11.8 Å². The number of aromatic carboxylic acids is 1. The molecule has 4 aromatic rings. The number of carboxylic acid groups (broad SMARTS) is 1. The smallest absolute Gasteiger partial charge is 0.337 e. The van der Waals surface area contributed by atoms with Crippen molar-refractivity contribution in [2.24, 2.45) is 0 Å². The monoisotopic (exact) mass is 408 g/mol.